The zero-order valence-corrected chi connectivity index (χ0v) is 15.4. The van der Waals surface area contributed by atoms with Crippen LogP contribution >= 0.6 is 0 Å². The molecule has 2 rings (SSSR count). The molecule has 1 heterocycles. The Morgan fingerprint density at radius 1 is 1.27 bits per heavy atom. The average molecular weight is 350 g/mol. The molecule has 0 aliphatic rings. The molecule has 0 aliphatic carbocycles. The van der Waals surface area contributed by atoms with Crippen LogP contribution in [0, 0.1) is 24.2 Å². The quantitative estimate of drug-likeness (QED) is 0.781. The van der Waals surface area contributed by atoms with Crippen LogP contribution in [0.3, 0.4) is 0 Å². The van der Waals surface area contributed by atoms with Crippen molar-refractivity contribution < 1.29 is 9.47 Å². The monoisotopic (exact) mass is 350 g/mol. The SMILES string of the molecule is C#CCNC(=C)c1c(NC)nc(C#Cc2ccc(OC)c(OC)c2)n1C. The Morgan fingerprint density at radius 2 is 2.00 bits per heavy atom. The zero-order valence-electron chi connectivity index (χ0n) is 15.4. The fraction of sp³-hybridized carbons (Fsp3) is 0.250. The molecule has 134 valence electrons. The summed E-state index contributed by atoms with van der Waals surface area (Å²) in [6, 6.07) is 5.50. The minimum absolute atomic E-state index is 0.389. The van der Waals surface area contributed by atoms with Gasteiger partial charge in [-0.25, -0.2) is 4.98 Å². The molecule has 0 radical (unpaired) electrons. The molecular weight excluding hydrogens is 328 g/mol. The highest BCUT2D eigenvalue weighted by atomic mass is 16.5. The first-order valence-electron chi connectivity index (χ1n) is 7.90. The maximum atomic E-state index is 5.30. The van der Waals surface area contributed by atoms with Crippen molar-refractivity contribution >= 4 is 11.5 Å². The number of anilines is 1. The summed E-state index contributed by atoms with van der Waals surface area (Å²) in [6.07, 6.45) is 5.29. The lowest BCUT2D eigenvalue weighted by Crippen LogP contribution is -2.15. The van der Waals surface area contributed by atoms with E-state index in [0.29, 0.717) is 35.4 Å². The summed E-state index contributed by atoms with van der Waals surface area (Å²) >= 11 is 0. The molecule has 0 saturated carbocycles. The lowest BCUT2D eigenvalue weighted by molar-refractivity contribution is 0.355. The Labute approximate surface area is 154 Å². The van der Waals surface area contributed by atoms with Gasteiger partial charge in [-0.05, 0) is 24.1 Å². The molecule has 0 fully saturated rings. The van der Waals surface area contributed by atoms with Crippen molar-refractivity contribution in [3.8, 4) is 35.7 Å². The molecule has 26 heavy (non-hydrogen) atoms. The van der Waals surface area contributed by atoms with Gasteiger partial charge in [0.1, 0.15) is 5.69 Å². The van der Waals surface area contributed by atoms with Crippen molar-refractivity contribution in [3.63, 3.8) is 0 Å². The van der Waals surface area contributed by atoms with E-state index in [2.05, 4.69) is 40.0 Å². The normalized spacial score (nSPS) is 9.50. The second-order valence-corrected chi connectivity index (χ2v) is 5.30. The molecule has 0 amide bonds. The fourth-order valence-corrected chi connectivity index (χ4v) is 2.41. The predicted molar refractivity (Wildman–Crippen MR) is 104 cm³/mol. The summed E-state index contributed by atoms with van der Waals surface area (Å²) in [5.41, 5.74) is 2.28. The van der Waals surface area contributed by atoms with Crippen LogP contribution in [0.1, 0.15) is 17.1 Å². The number of nitrogens with one attached hydrogen (secondary N) is 2. The standard InChI is InChI=1S/C20H22N4O2/c1-7-12-22-14(2)19-20(21-3)23-18(24(19)4)11-9-15-8-10-16(25-5)17(13-15)26-6/h1,8,10,13,21-22H,2,12H2,3-6H3. The third-order valence-corrected chi connectivity index (χ3v) is 3.72. The molecular formula is C20H22N4O2. The van der Waals surface area contributed by atoms with Crippen LogP contribution in [-0.2, 0) is 7.05 Å². The van der Waals surface area contributed by atoms with E-state index in [-0.39, 0.29) is 0 Å². The summed E-state index contributed by atoms with van der Waals surface area (Å²) in [7, 11) is 6.86. The van der Waals surface area contributed by atoms with E-state index in [1.54, 1.807) is 21.3 Å². The summed E-state index contributed by atoms with van der Waals surface area (Å²) in [4.78, 5) is 4.52. The number of terminal acetylenes is 1. The maximum absolute atomic E-state index is 5.30. The van der Waals surface area contributed by atoms with E-state index < -0.39 is 0 Å². The first-order chi connectivity index (χ1) is 12.5. The molecule has 1 aromatic carbocycles. The number of imidazole rings is 1. The molecule has 0 aliphatic heterocycles. The molecule has 0 atom stereocenters. The van der Waals surface area contributed by atoms with E-state index in [1.807, 2.05) is 29.8 Å². The summed E-state index contributed by atoms with van der Waals surface area (Å²) in [5.74, 6) is 11.3. The van der Waals surface area contributed by atoms with Crippen LogP contribution < -0.4 is 20.1 Å². The van der Waals surface area contributed by atoms with E-state index in [4.69, 9.17) is 15.9 Å². The van der Waals surface area contributed by atoms with Gasteiger partial charge in [-0.2, -0.15) is 0 Å². The number of methoxy groups -OCH3 is 2. The predicted octanol–water partition coefficient (Wildman–Crippen LogP) is 2.07. The van der Waals surface area contributed by atoms with Crippen molar-refractivity contribution in [2.45, 2.75) is 0 Å². The Hall–Kier alpha value is -3.51. The van der Waals surface area contributed by atoms with Crippen LogP contribution in [0.15, 0.2) is 24.8 Å². The second-order valence-electron chi connectivity index (χ2n) is 5.30. The number of nitrogens with zero attached hydrogens (tertiary/aromatic N) is 2. The molecule has 0 unspecified atom stereocenters. The smallest absolute Gasteiger partial charge is 0.188 e. The number of aromatic nitrogens is 2. The Balaban J connectivity index is 2.37. The molecule has 2 aromatic rings. The summed E-state index contributed by atoms with van der Waals surface area (Å²) < 4.78 is 12.4. The van der Waals surface area contributed by atoms with E-state index in [0.717, 1.165) is 11.3 Å². The number of benzene rings is 1. The van der Waals surface area contributed by atoms with Crippen molar-refractivity contribution in [2.24, 2.45) is 7.05 Å². The van der Waals surface area contributed by atoms with Gasteiger partial charge in [0, 0.05) is 19.7 Å². The van der Waals surface area contributed by atoms with Gasteiger partial charge < -0.3 is 24.7 Å². The van der Waals surface area contributed by atoms with Gasteiger partial charge in [0.2, 0.25) is 0 Å². The van der Waals surface area contributed by atoms with E-state index in [1.165, 1.54) is 0 Å². The minimum Gasteiger partial charge on any atom is -0.493 e. The Bertz CT molecular complexity index is 910. The van der Waals surface area contributed by atoms with Crippen molar-refractivity contribution in [1.82, 2.24) is 14.9 Å². The first kappa shape index (κ1) is 18.8. The molecule has 6 nitrogen and oxygen atoms in total. The van der Waals surface area contributed by atoms with Gasteiger partial charge in [-0.3, -0.25) is 0 Å². The van der Waals surface area contributed by atoms with Gasteiger partial charge in [0.05, 0.1) is 26.5 Å². The number of hydrogen-bond acceptors (Lipinski definition) is 5. The third kappa shape index (κ3) is 3.93. The van der Waals surface area contributed by atoms with E-state index in [9.17, 15) is 0 Å². The number of ether oxygens (including phenoxy) is 2. The third-order valence-electron chi connectivity index (χ3n) is 3.72. The van der Waals surface area contributed by atoms with Crippen molar-refractivity contribution in [2.75, 3.05) is 33.1 Å². The van der Waals surface area contributed by atoms with Crippen LogP contribution in [0.5, 0.6) is 11.5 Å². The van der Waals surface area contributed by atoms with Gasteiger partial charge in [-0.15, -0.1) is 6.42 Å². The maximum Gasteiger partial charge on any atom is 0.188 e. The van der Waals surface area contributed by atoms with Crippen molar-refractivity contribution in [1.29, 1.82) is 0 Å². The van der Waals surface area contributed by atoms with Gasteiger partial charge in [0.15, 0.2) is 23.1 Å². The van der Waals surface area contributed by atoms with Crippen LogP contribution in [0.2, 0.25) is 0 Å². The Kier molecular flexibility index (Phi) is 6.19. The van der Waals surface area contributed by atoms with Gasteiger partial charge in [0.25, 0.3) is 0 Å². The molecule has 2 N–H and O–H groups in total. The van der Waals surface area contributed by atoms with E-state index >= 15 is 0 Å². The highest BCUT2D eigenvalue weighted by molar-refractivity contribution is 5.70. The summed E-state index contributed by atoms with van der Waals surface area (Å²) in [5, 5.41) is 6.13. The summed E-state index contributed by atoms with van der Waals surface area (Å²) in [6.45, 7) is 4.41. The fourth-order valence-electron chi connectivity index (χ4n) is 2.41. The number of hydrogen-bond donors (Lipinski definition) is 2. The first-order valence-corrected chi connectivity index (χ1v) is 7.90. The second kappa shape index (κ2) is 8.55. The molecule has 0 spiro atoms. The van der Waals surface area contributed by atoms with Gasteiger partial charge >= 0.3 is 0 Å². The largest absolute Gasteiger partial charge is 0.493 e. The lowest BCUT2D eigenvalue weighted by atomic mass is 10.2. The zero-order chi connectivity index (χ0) is 19.1. The van der Waals surface area contributed by atoms with Crippen LogP contribution in [0.25, 0.3) is 5.70 Å². The van der Waals surface area contributed by atoms with Crippen LogP contribution in [0.4, 0.5) is 5.82 Å². The number of rotatable bonds is 6. The lowest BCUT2D eigenvalue weighted by Gasteiger charge is -2.09. The molecule has 0 bridgehead atoms. The molecule has 1 aromatic heterocycles. The van der Waals surface area contributed by atoms with Crippen molar-refractivity contribution in [3.05, 3.63) is 41.9 Å². The molecule has 6 heteroatoms. The topological polar surface area (TPSA) is 60.3 Å². The minimum atomic E-state index is 0.389. The molecule has 0 saturated heterocycles. The highest BCUT2D eigenvalue weighted by Gasteiger charge is 2.15. The van der Waals surface area contributed by atoms with Gasteiger partial charge in [-0.1, -0.05) is 18.4 Å². The highest BCUT2D eigenvalue weighted by Crippen LogP contribution is 2.27. The van der Waals surface area contributed by atoms with Crippen LogP contribution in [-0.4, -0.2) is 37.4 Å². The average Bonchev–Trinajstić information content (AvgIpc) is 2.99. The Morgan fingerprint density at radius 3 is 2.62 bits per heavy atom.